The first kappa shape index (κ1) is 12.6. The van der Waals surface area contributed by atoms with Gasteiger partial charge in [-0.15, -0.1) is 11.3 Å². The van der Waals surface area contributed by atoms with Crippen LogP contribution in [-0.4, -0.2) is 53.2 Å². The van der Waals surface area contributed by atoms with Crippen LogP contribution in [0.1, 0.15) is 35.8 Å². The van der Waals surface area contributed by atoms with Crippen molar-refractivity contribution in [3.05, 3.63) is 10.6 Å². The Morgan fingerprint density at radius 1 is 1.30 bits per heavy atom. The zero-order chi connectivity index (χ0) is 13.7. The Labute approximate surface area is 122 Å². The highest BCUT2D eigenvalue weighted by Crippen LogP contribution is 2.40. The predicted octanol–water partition coefficient (Wildman–Crippen LogP) is 1.54. The Balaban J connectivity index is 1.55. The van der Waals surface area contributed by atoms with Gasteiger partial charge in [0.2, 0.25) is 0 Å². The second-order valence-corrected chi connectivity index (χ2v) is 7.07. The minimum Gasteiger partial charge on any atom is -0.481 e. The summed E-state index contributed by atoms with van der Waals surface area (Å²) in [4.78, 5) is 22.1. The van der Waals surface area contributed by atoms with Gasteiger partial charge in [-0.1, -0.05) is 0 Å². The average Bonchev–Trinajstić information content (AvgIpc) is 3.11. The lowest BCUT2D eigenvalue weighted by Gasteiger charge is -2.37. The smallest absolute Gasteiger partial charge is 0.312 e. The van der Waals surface area contributed by atoms with E-state index >= 15 is 0 Å². The number of piperazine rings is 1. The van der Waals surface area contributed by atoms with Gasteiger partial charge < -0.3 is 10.0 Å². The van der Waals surface area contributed by atoms with Crippen molar-refractivity contribution < 1.29 is 9.90 Å². The highest BCUT2D eigenvalue weighted by atomic mass is 32.1. The average molecular weight is 293 g/mol. The molecule has 0 radical (unpaired) electrons. The Morgan fingerprint density at radius 2 is 2.20 bits per heavy atom. The summed E-state index contributed by atoms with van der Waals surface area (Å²) in [6.45, 7) is 4.45. The molecule has 2 atom stereocenters. The van der Waals surface area contributed by atoms with Gasteiger partial charge in [-0.05, 0) is 32.2 Å². The number of nitrogens with zero attached hydrogens (tertiary/aromatic N) is 3. The number of carboxylic acids is 1. The molecule has 108 valence electrons. The number of thiazole rings is 1. The first-order chi connectivity index (χ1) is 9.72. The molecule has 4 rings (SSSR count). The third kappa shape index (κ3) is 1.93. The van der Waals surface area contributed by atoms with E-state index < -0.39 is 5.97 Å². The fraction of sp³-hybridized carbons (Fsp3) is 0.714. The van der Waals surface area contributed by atoms with Gasteiger partial charge in [-0.2, -0.15) is 0 Å². The molecule has 3 heterocycles. The third-order valence-corrected chi connectivity index (χ3v) is 6.05. The molecule has 5 nitrogen and oxygen atoms in total. The van der Waals surface area contributed by atoms with Gasteiger partial charge in [-0.25, -0.2) is 4.98 Å². The number of hydrogen-bond acceptors (Lipinski definition) is 5. The number of carbonyl (C=O) groups is 1. The minimum absolute atomic E-state index is 0.372. The summed E-state index contributed by atoms with van der Waals surface area (Å²) < 4.78 is 0. The summed E-state index contributed by atoms with van der Waals surface area (Å²) >= 11 is 1.72. The molecule has 1 aromatic heterocycles. The van der Waals surface area contributed by atoms with Crippen molar-refractivity contribution in [1.29, 1.82) is 0 Å². The van der Waals surface area contributed by atoms with Gasteiger partial charge in [-0.3, -0.25) is 9.69 Å². The molecule has 2 fully saturated rings. The summed E-state index contributed by atoms with van der Waals surface area (Å²) in [6, 6.07) is 0.678. The highest BCUT2D eigenvalue weighted by molar-refractivity contribution is 7.15. The molecule has 0 bridgehead atoms. The fourth-order valence-corrected chi connectivity index (χ4v) is 4.93. The van der Waals surface area contributed by atoms with Gasteiger partial charge >= 0.3 is 5.97 Å². The molecule has 2 unspecified atom stereocenters. The van der Waals surface area contributed by atoms with E-state index in [0.29, 0.717) is 6.04 Å². The lowest BCUT2D eigenvalue weighted by molar-refractivity contribution is -0.138. The van der Waals surface area contributed by atoms with Crippen molar-refractivity contribution in [2.75, 3.05) is 31.1 Å². The van der Waals surface area contributed by atoms with Crippen molar-refractivity contribution in [2.45, 2.75) is 37.6 Å². The lowest BCUT2D eigenvalue weighted by atomic mass is 10.1. The number of aliphatic carboxylic acids is 1. The van der Waals surface area contributed by atoms with Gasteiger partial charge in [0.05, 0.1) is 5.69 Å². The molecular formula is C14H19N3O2S. The van der Waals surface area contributed by atoms with E-state index in [2.05, 4.69) is 14.8 Å². The molecule has 1 aromatic rings. The molecule has 0 aromatic carbocycles. The lowest BCUT2D eigenvalue weighted by Crippen LogP contribution is -2.50. The molecule has 3 aliphatic rings. The van der Waals surface area contributed by atoms with E-state index in [9.17, 15) is 9.90 Å². The zero-order valence-corrected chi connectivity index (χ0v) is 12.2. The summed E-state index contributed by atoms with van der Waals surface area (Å²) in [7, 11) is 0. The standard InChI is InChI=1S/C14H19N3O2S/c18-13(19)10-3-4-11-12(10)15-14(20-11)17-7-6-16-5-1-2-9(16)8-17/h9-10H,1-8H2,(H,18,19). The van der Waals surface area contributed by atoms with Crippen molar-refractivity contribution >= 4 is 22.4 Å². The van der Waals surface area contributed by atoms with Crippen LogP contribution in [0.25, 0.3) is 0 Å². The van der Waals surface area contributed by atoms with E-state index in [1.54, 1.807) is 11.3 Å². The van der Waals surface area contributed by atoms with Crippen LogP contribution in [0.4, 0.5) is 5.13 Å². The van der Waals surface area contributed by atoms with Crippen molar-refractivity contribution in [2.24, 2.45) is 0 Å². The van der Waals surface area contributed by atoms with E-state index in [0.717, 1.165) is 43.3 Å². The topological polar surface area (TPSA) is 56.7 Å². The second kappa shape index (κ2) is 4.70. The van der Waals surface area contributed by atoms with Gasteiger partial charge in [0.25, 0.3) is 0 Å². The van der Waals surface area contributed by atoms with E-state index in [-0.39, 0.29) is 5.92 Å². The number of rotatable bonds is 2. The van der Waals surface area contributed by atoms with Crippen LogP contribution in [-0.2, 0) is 11.2 Å². The predicted molar refractivity (Wildman–Crippen MR) is 77.6 cm³/mol. The van der Waals surface area contributed by atoms with Crippen LogP contribution in [0, 0.1) is 0 Å². The van der Waals surface area contributed by atoms with Crippen molar-refractivity contribution in [1.82, 2.24) is 9.88 Å². The third-order valence-electron chi connectivity index (χ3n) is 4.86. The molecule has 1 N–H and O–H groups in total. The van der Waals surface area contributed by atoms with Gasteiger partial charge in [0, 0.05) is 30.6 Å². The number of carboxylic acid groups (broad SMARTS) is 1. The van der Waals surface area contributed by atoms with Gasteiger partial charge in [0.15, 0.2) is 5.13 Å². The van der Waals surface area contributed by atoms with E-state index in [1.165, 1.54) is 24.3 Å². The Kier molecular flexibility index (Phi) is 2.96. The molecule has 0 saturated carbocycles. The maximum atomic E-state index is 11.2. The first-order valence-corrected chi connectivity index (χ1v) is 8.25. The molecule has 1 aliphatic carbocycles. The molecule has 2 aliphatic heterocycles. The second-order valence-electron chi connectivity index (χ2n) is 6.01. The maximum Gasteiger partial charge on any atom is 0.312 e. The molecular weight excluding hydrogens is 274 g/mol. The van der Waals surface area contributed by atoms with Crippen LogP contribution >= 0.6 is 11.3 Å². The van der Waals surface area contributed by atoms with E-state index in [4.69, 9.17) is 0 Å². The number of aromatic nitrogens is 1. The van der Waals surface area contributed by atoms with E-state index in [1.807, 2.05) is 0 Å². The quantitative estimate of drug-likeness (QED) is 0.896. The monoisotopic (exact) mass is 293 g/mol. The minimum atomic E-state index is -0.721. The number of anilines is 1. The van der Waals surface area contributed by atoms with Crippen LogP contribution in [0.5, 0.6) is 0 Å². The molecule has 2 saturated heterocycles. The zero-order valence-electron chi connectivity index (χ0n) is 11.4. The Bertz CT molecular complexity index is 545. The number of fused-ring (bicyclic) bond motifs is 2. The Morgan fingerprint density at radius 3 is 3.05 bits per heavy atom. The first-order valence-electron chi connectivity index (χ1n) is 7.44. The van der Waals surface area contributed by atoms with Crippen LogP contribution in [0.3, 0.4) is 0 Å². The Hall–Kier alpha value is -1.14. The summed E-state index contributed by atoms with van der Waals surface area (Å²) in [5.74, 6) is -1.09. The summed E-state index contributed by atoms with van der Waals surface area (Å²) in [6.07, 6.45) is 4.21. The molecule has 0 amide bonds. The van der Waals surface area contributed by atoms with Crippen LogP contribution in [0.2, 0.25) is 0 Å². The maximum absolute atomic E-state index is 11.2. The SMILES string of the molecule is O=C(O)C1CCc2sc(N3CCN4CCCC4C3)nc21. The van der Waals surface area contributed by atoms with Crippen LogP contribution < -0.4 is 4.90 Å². The van der Waals surface area contributed by atoms with Gasteiger partial charge in [0.1, 0.15) is 5.92 Å². The summed E-state index contributed by atoms with van der Waals surface area (Å²) in [5, 5.41) is 10.3. The normalized spacial score (nSPS) is 29.5. The molecule has 20 heavy (non-hydrogen) atoms. The summed E-state index contributed by atoms with van der Waals surface area (Å²) in [5.41, 5.74) is 0.839. The molecule has 0 spiro atoms. The number of aryl methyl sites for hydroxylation is 1. The fourth-order valence-electron chi connectivity index (χ4n) is 3.75. The van der Waals surface area contributed by atoms with Crippen molar-refractivity contribution in [3.8, 4) is 0 Å². The van der Waals surface area contributed by atoms with Crippen LogP contribution in [0.15, 0.2) is 0 Å². The number of hydrogen-bond donors (Lipinski definition) is 1. The largest absolute Gasteiger partial charge is 0.481 e. The molecule has 6 heteroatoms. The highest BCUT2D eigenvalue weighted by Gasteiger charge is 2.35. The van der Waals surface area contributed by atoms with Crippen molar-refractivity contribution in [3.63, 3.8) is 0 Å².